The monoisotopic (exact) mass is 350 g/mol. The average Bonchev–Trinajstić information content (AvgIpc) is 2.46. The van der Waals surface area contributed by atoms with Crippen LogP contribution >= 0.6 is 15.9 Å². The number of carbonyl (C=O) groups is 1. The zero-order valence-corrected chi connectivity index (χ0v) is 12.8. The summed E-state index contributed by atoms with van der Waals surface area (Å²) in [5.74, 6) is -0.215. The lowest BCUT2D eigenvalue weighted by atomic mass is 10.1. The smallest absolute Gasteiger partial charge is 0.307 e. The molecule has 0 saturated heterocycles. The van der Waals surface area contributed by atoms with Crippen molar-refractivity contribution in [2.45, 2.75) is 19.6 Å². The molecule has 0 aliphatic carbocycles. The van der Waals surface area contributed by atoms with E-state index in [4.69, 9.17) is 14.9 Å². The van der Waals surface area contributed by atoms with Crippen LogP contribution in [0.2, 0.25) is 0 Å². The van der Waals surface area contributed by atoms with Crippen LogP contribution in [0.4, 0.5) is 0 Å². The van der Waals surface area contributed by atoms with Gasteiger partial charge in [0.15, 0.2) is 0 Å². The molecule has 0 bridgehead atoms. The van der Waals surface area contributed by atoms with Gasteiger partial charge in [0, 0.05) is 0 Å². The number of hydrogen-bond donors (Lipinski definition) is 2. The largest absolute Gasteiger partial charge is 0.488 e. The summed E-state index contributed by atoms with van der Waals surface area (Å²) in [6.07, 6.45) is -0.0237. The van der Waals surface area contributed by atoms with Crippen molar-refractivity contribution in [2.24, 2.45) is 0 Å². The Morgan fingerprint density at radius 2 is 1.86 bits per heavy atom. The zero-order chi connectivity index (χ0) is 15.2. The quantitative estimate of drug-likeness (QED) is 0.839. The van der Waals surface area contributed by atoms with E-state index in [1.807, 2.05) is 18.2 Å². The second-order valence-corrected chi connectivity index (χ2v) is 5.41. The van der Waals surface area contributed by atoms with Crippen LogP contribution in [0.15, 0.2) is 46.9 Å². The molecule has 2 aromatic rings. The van der Waals surface area contributed by atoms with E-state index in [1.54, 1.807) is 24.3 Å². The van der Waals surface area contributed by atoms with E-state index in [0.29, 0.717) is 12.4 Å². The topological polar surface area (TPSA) is 66.8 Å². The van der Waals surface area contributed by atoms with Crippen LogP contribution in [0.3, 0.4) is 0 Å². The molecule has 0 aliphatic heterocycles. The van der Waals surface area contributed by atoms with Gasteiger partial charge in [-0.1, -0.05) is 30.3 Å². The Hall–Kier alpha value is -1.85. The maximum atomic E-state index is 10.8. The molecule has 0 unspecified atom stereocenters. The molecule has 0 amide bonds. The van der Waals surface area contributed by atoms with Crippen LogP contribution in [-0.4, -0.2) is 16.2 Å². The second-order valence-electron chi connectivity index (χ2n) is 4.55. The zero-order valence-electron chi connectivity index (χ0n) is 11.3. The molecule has 0 saturated carbocycles. The lowest BCUT2D eigenvalue weighted by molar-refractivity contribution is -0.136. The number of carboxylic acids is 1. The van der Waals surface area contributed by atoms with Crippen molar-refractivity contribution in [3.63, 3.8) is 0 Å². The maximum absolute atomic E-state index is 10.8. The number of aliphatic carboxylic acids is 1. The highest BCUT2D eigenvalue weighted by atomic mass is 79.9. The van der Waals surface area contributed by atoms with E-state index in [0.717, 1.165) is 21.2 Å². The van der Waals surface area contributed by atoms with Crippen LogP contribution in [0.5, 0.6) is 5.75 Å². The highest BCUT2D eigenvalue weighted by molar-refractivity contribution is 9.10. The molecule has 0 aromatic heterocycles. The Kier molecular flexibility index (Phi) is 5.36. The van der Waals surface area contributed by atoms with Gasteiger partial charge in [-0.25, -0.2) is 0 Å². The number of carboxylic acid groups (broad SMARTS) is 1. The van der Waals surface area contributed by atoms with E-state index in [-0.39, 0.29) is 13.0 Å². The Labute approximate surface area is 131 Å². The first-order chi connectivity index (χ1) is 10.1. The molecule has 0 heterocycles. The summed E-state index contributed by atoms with van der Waals surface area (Å²) in [5, 5.41) is 18.0. The number of hydrogen-bond acceptors (Lipinski definition) is 3. The molecule has 0 atom stereocenters. The van der Waals surface area contributed by atoms with Gasteiger partial charge in [-0.05, 0) is 44.8 Å². The summed E-state index contributed by atoms with van der Waals surface area (Å²) in [4.78, 5) is 10.8. The van der Waals surface area contributed by atoms with Crippen molar-refractivity contribution in [3.05, 3.63) is 63.6 Å². The van der Waals surface area contributed by atoms with Gasteiger partial charge in [0.05, 0.1) is 17.5 Å². The molecule has 2 aromatic carbocycles. The SMILES string of the molecule is O=C(O)Cc1ccccc1COc1ccc(CO)cc1Br. The number of rotatable bonds is 6. The van der Waals surface area contributed by atoms with E-state index in [9.17, 15) is 4.79 Å². The Morgan fingerprint density at radius 1 is 1.14 bits per heavy atom. The minimum atomic E-state index is -0.865. The first kappa shape index (κ1) is 15.5. The molecule has 0 fully saturated rings. The van der Waals surface area contributed by atoms with Crippen molar-refractivity contribution >= 4 is 21.9 Å². The van der Waals surface area contributed by atoms with Gasteiger partial charge in [-0.3, -0.25) is 4.79 Å². The maximum Gasteiger partial charge on any atom is 0.307 e. The van der Waals surface area contributed by atoms with Crippen molar-refractivity contribution in [3.8, 4) is 5.75 Å². The number of benzene rings is 2. The number of aliphatic hydroxyl groups excluding tert-OH is 1. The predicted molar refractivity (Wildman–Crippen MR) is 82.2 cm³/mol. The Morgan fingerprint density at radius 3 is 2.48 bits per heavy atom. The van der Waals surface area contributed by atoms with Crippen LogP contribution in [0.25, 0.3) is 0 Å². The third-order valence-electron chi connectivity index (χ3n) is 3.02. The molecule has 4 nitrogen and oxygen atoms in total. The summed E-state index contributed by atoms with van der Waals surface area (Å²) >= 11 is 3.39. The van der Waals surface area contributed by atoms with Crippen LogP contribution in [0.1, 0.15) is 16.7 Å². The highest BCUT2D eigenvalue weighted by Crippen LogP contribution is 2.27. The van der Waals surface area contributed by atoms with Crippen LogP contribution in [0, 0.1) is 0 Å². The van der Waals surface area contributed by atoms with Crippen LogP contribution in [-0.2, 0) is 24.4 Å². The van der Waals surface area contributed by atoms with Crippen molar-refractivity contribution in [1.29, 1.82) is 0 Å². The number of ether oxygens (including phenoxy) is 1. The van der Waals surface area contributed by atoms with Gasteiger partial charge in [0.25, 0.3) is 0 Å². The summed E-state index contributed by atoms with van der Waals surface area (Å²) in [6.45, 7) is 0.265. The minimum absolute atomic E-state index is 0.0237. The minimum Gasteiger partial charge on any atom is -0.488 e. The van der Waals surface area contributed by atoms with Crippen LogP contribution < -0.4 is 4.74 Å². The van der Waals surface area contributed by atoms with Gasteiger partial charge in [-0.2, -0.15) is 0 Å². The summed E-state index contributed by atoms with van der Waals surface area (Å²) in [5.41, 5.74) is 2.38. The molecule has 2 N–H and O–H groups in total. The molecule has 0 spiro atoms. The third kappa shape index (κ3) is 4.31. The first-order valence-electron chi connectivity index (χ1n) is 6.41. The molecule has 0 aliphatic rings. The van der Waals surface area contributed by atoms with E-state index < -0.39 is 5.97 Å². The fourth-order valence-electron chi connectivity index (χ4n) is 1.95. The van der Waals surface area contributed by atoms with E-state index in [2.05, 4.69) is 15.9 Å². The first-order valence-corrected chi connectivity index (χ1v) is 7.20. The Bertz CT molecular complexity index is 640. The van der Waals surface area contributed by atoms with Gasteiger partial charge in [0.1, 0.15) is 12.4 Å². The van der Waals surface area contributed by atoms with Crippen molar-refractivity contribution in [1.82, 2.24) is 0 Å². The third-order valence-corrected chi connectivity index (χ3v) is 3.64. The molecule has 110 valence electrons. The standard InChI is InChI=1S/C16H15BrO4/c17-14-7-11(9-18)5-6-15(14)21-10-13-4-2-1-3-12(13)8-16(19)20/h1-7,18H,8-10H2,(H,19,20). The van der Waals surface area contributed by atoms with E-state index in [1.165, 1.54) is 0 Å². The molecule has 0 radical (unpaired) electrons. The summed E-state index contributed by atoms with van der Waals surface area (Å²) < 4.78 is 6.48. The Balaban J connectivity index is 2.11. The molecule has 21 heavy (non-hydrogen) atoms. The van der Waals surface area contributed by atoms with Gasteiger partial charge < -0.3 is 14.9 Å². The summed E-state index contributed by atoms with van der Waals surface area (Å²) in [6, 6.07) is 12.7. The lowest BCUT2D eigenvalue weighted by Crippen LogP contribution is -2.06. The highest BCUT2D eigenvalue weighted by Gasteiger charge is 2.08. The lowest BCUT2D eigenvalue weighted by Gasteiger charge is -2.12. The van der Waals surface area contributed by atoms with Gasteiger partial charge in [0.2, 0.25) is 0 Å². The molecular formula is C16H15BrO4. The molecule has 2 rings (SSSR count). The molecule has 5 heteroatoms. The summed E-state index contributed by atoms with van der Waals surface area (Å²) in [7, 11) is 0. The fourth-order valence-corrected chi connectivity index (χ4v) is 2.49. The van der Waals surface area contributed by atoms with Crippen molar-refractivity contribution < 1.29 is 19.7 Å². The van der Waals surface area contributed by atoms with Crippen molar-refractivity contribution in [2.75, 3.05) is 0 Å². The average molecular weight is 351 g/mol. The second kappa shape index (κ2) is 7.24. The number of halogens is 1. The van der Waals surface area contributed by atoms with E-state index >= 15 is 0 Å². The normalized spacial score (nSPS) is 10.4. The van der Waals surface area contributed by atoms with Gasteiger partial charge >= 0.3 is 5.97 Å². The predicted octanol–water partition coefficient (Wildman–Crippen LogP) is 3.15. The molecular weight excluding hydrogens is 336 g/mol. The fraction of sp³-hybridized carbons (Fsp3) is 0.188. The van der Waals surface area contributed by atoms with Gasteiger partial charge in [-0.15, -0.1) is 0 Å². The number of aliphatic hydroxyl groups is 1.